The number of rotatable bonds is 3. The Balaban J connectivity index is 3.33. The topological polar surface area (TPSA) is 49.1 Å². The van der Waals surface area contributed by atoms with Crippen molar-refractivity contribution in [3.05, 3.63) is 22.2 Å². The fourth-order valence-corrected chi connectivity index (χ4v) is 2.81. The van der Waals surface area contributed by atoms with Gasteiger partial charge < -0.3 is 10.3 Å². The van der Waals surface area contributed by atoms with Crippen molar-refractivity contribution in [2.24, 2.45) is 0 Å². The van der Waals surface area contributed by atoms with Gasteiger partial charge in [-0.1, -0.05) is 23.2 Å². The summed E-state index contributed by atoms with van der Waals surface area (Å²) in [6.45, 7) is 0. The van der Waals surface area contributed by atoms with Crippen molar-refractivity contribution in [3.8, 4) is 0 Å². The van der Waals surface area contributed by atoms with Crippen LogP contribution in [0.15, 0.2) is 17.0 Å². The third-order valence-electron chi connectivity index (χ3n) is 2.22. The van der Waals surface area contributed by atoms with Gasteiger partial charge in [0.05, 0.1) is 26.9 Å². The first-order valence-corrected chi connectivity index (χ1v) is 6.62. The highest BCUT2D eigenvalue weighted by atomic mass is 35.5. The summed E-state index contributed by atoms with van der Waals surface area (Å²) in [6, 6.07) is 0.943. The van der Waals surface area contributed by atoms with E-state index in [0.717, 1.165) is 0 Å². The van der Waals surface area contributed by atoms with Crippen molar-refractivity contribution in [3.63, 3.8) is 0 Å². The van der Waals surface area contributed by atoms with E-state index in [2.05, 4.69) is 0 Å². The van der Waals surface area contributed by atoms with E-state index in [4.69, 9.17) is 28.9 Å². The Morgan fingerprint density at radius 3 is 1.67 bits per heavy atom. The quantitative estimate of drug-likeness (QED) is 0.479. The van der Waals surface area contributed by atoms with Gasteiger partial charge in [-0.3, -0.25) is 0 Å². The Morgan fingerprint density at radius 1 is 0.952 bits per heavy atom. The number of nitrogens with two attached hydrogens (primary N) is 1. The van der Waals surface area contributed by atoms with Crippen LogP contribution in [0, 0.1) is 0 Å². The van der Waals surface area contributed by atoms with Gasteiger partial charge in [0.2, 0.25) is 0 Å². The monoisotopic (exact) mass is 377 g/mol. The predicted octanol–water partition coefficient (Wildman–Crippen LogP) is 4.47. The first kappa shape index (κ1) is 18.5. The minimum Gasteiger partial charge on any atom is -0.607 e. The molecule has 0 aliphatic heterocycles. The van der Waals surface area contributed by atoms with E-state index in [1.165, 1.54) is 0 Å². The van der Waals surface area contributed by atoms with Gasteiger partial charge in [-0.25, -0.2) is 0 Å². The first-order chi connectivity index (χ1) is 9.23. The zero-order valence-corrected chi connectivity index (χ0v) is 11.8. The highest BCUT2D eigenvalue weighted by molar-refractivity contribution is 7.92. The van der Waals surface area contributed by atoms with E-state index in [0.29, 0.717) is 12.1 Å². The smallest absolute Gasteiger partial charge is 0.486 e. The van der Waals surface area contributed by atoms with Gasteiger partial charge in [-0.15, -0.1) is 8.78 Å². The lowest BCUT2D eigenvalue weighted by Gasteiger charge is -2.28. The van der Waals surface area contributed by atoms with E-state index < -0.39 is 43.5 Å². The number of halogens is 9. The minimum absolute atomic E-state index is 0.329. The van der Waals surface area contributed by atoms with Crippen molar-refractivity contribution >= 4 is 40.1 Å². The number of anilines is 1. The maximum Gasteiger partial charge on any atom is 0.486 e. The molecule has 0 aliphatic rings. The van der Waals surface area contributed by atoms with E-state index in [1.54, 1.807) is 0 Å². The van der Waals surface area contributed by atoms with Crippen molar-refractivity contribution in [1.82, 2.24) is 0 Å². The van der Waals surface area contributed by atoms with Crippen LogP contribution in [-0.2, 0) is 11.2 Å². The van der Waals surface area contributed by atoms with Crippen molar-refractivity contribution in [2.75, 3.05) is 5.73 Å². The maximum atomic E-state index is 13.3. The van der Waals surface area contributed by atoms with Crippen LogP contribution in [0.2, 0.25) is 10.0 Å². The third-order valence-corrected chi connectivity index (χ3v) is 4.23. The molecule has 1 aromatic carbocycles. The van der Waals surface area contributed by atoms with Gasteiger partial charge >= 0.3 is 17.4 Å². The lowest BCUT2D eigenvalue weighted by Crippen LogP contribution is -2.55. The van der Waals surface area contributed by atoms with Crippen LogP contribution < -0.4 is 5.73 Å². The molecule has 21 heavy (non-hydrogen) atoms. The zero-order valence-electron chi connectivity index (χ0n) is 9.45. The molecule has 0 aliphatic carbocycles. The zero-order chi connectivity index (χ0) is 16.8. The molecule has 0 saturated carbocycles. The van der Waals surface area contributed by atoms with Gasteiger partial charge in [0.1, 0.15) is 0 Å². The van der Waals surface area contributed by atoms with Crippen LogP contribution in [0.4, 0.5) is 36.4 Å². The highest BCUT2D eigenvalue weighted by Crippen LogP contribution is 2.51. The minimum atomic E-state index is -6.59. The fraction of sp³-hybridized carbons (Fsp3) is 0.333. The number of hydrogen-bond acceptors (Lipinski definition) is 2. The fourth-order valence-electron chi connectivity index (χ4n) is 1.10. The number of alkyl halides is 7. The molecule has 1 atom stereocenters. The molecular weight excluding hydrogens is 374 g/mol. The highest BCUT2D eigenvalue weighted by Gasteiger charge is 2.80. The van der Waals surface area contributed by atoms with Gasteiger partial charge in [-0.2, -0.15) is 22.0 Å². The molecule has 1 unspecified atom stereocenters. The van der Waals surface area contributed by atoms with Crippen molar-refractivity contribution in [2.45, 2.75) is 22.2 Å². The second-order valence-corrected chi connectivity index (χ2v) is 5.99. The molecule has 0 aromatic heterocycles. The molecule has 12 heteroatoms. The van der Waals surface area contributed by atoms with Gasteiger partial charge in [0.15, 0.2) is 4.90 Å². The lowest BCUT2D eigenvalue weighted by atomic mass is 10.3. The molecule has 0 spiro atoms. The molecule has 0 radical (unpaired) electrons. The molecule has 0 heterocycles. The Hall–Kier alpha value is -0.580. The van der Waals surface area contributed by atoms with E-state index in [1.807, 2.05) is 0 Å². The molecule has 1 aromatic rings. The maximum absolute atomic E-state index is 13.3. The summed E-state index contributed by atoms with van der Waals surface area (Å²) in [4.78, 5) is -1.12. The van der Waals surface area contributed by atoms with Gasteiger partial charge in [0.25, 0.3) is 0 Å². The van der Waals surface area contributed by atoms with Crippen LogP contribution in [-0.4, -0.2) is 21.9 Å². The third kappa shape index (κ3) is 3.13. The summed E-state index contributed by atoms with van der Waals surface area (Å²) >= 11 is 6.77. The molecule has 2 nitrogen and oxygen atoms in total. The predicted molar refractivity (Wildman–Crippen MR) is 63.2 cm³/mol. The molecule has 0 bridgehead atoms. The van der Waals surface area contributed by atoms with Crippen molar-refractivity contribution in [1.29, 1.82) is 0 Å². The first-order valence-electron chi connectivity index (χ1n) is 4.72. The Bertz CT molecular complexity index is 528. The lowest BCUT2D eigenvalue weighted by molar-refractivity contribution is -0.332. The van der Waals surface area contributed by atoms with Crippen LogP contribution >= 0.6 is 23.2 Å². The van der Waals surface area contributed by atoms with Crippen LogP contribution in [0.1, 0.15) is 0 Å². The van der Waals surface area contributed by atoms with Gasteiger partial charge in [0, 0.05) is 12.1 Å². The van der Waals surface area contributed by atoms with Crippen molar-refractivity contribution < 1.29 is 35.3 Å². The summed E-state index contributed by atoms with van der Waals surface area (Å²) in [5.74, 6) is -6.51. The molecule has 1 rings (SSSR count). The summed E-state index contributed by atoms with van der Waals surface area (Å²) in [7, 11) is 0. The van der Waals surface area contributed by atoms with E-state index in [9.17, 15) is 35.3 Å². The molecular formula is C9H4Cl2F7NOS. The SMILES string of the molecule is Nc1c(Cl)cc([S+]([O-])C(F)(F)C(F)(F)C(F)(F)F)cc1Cl. The average Bonchev–Trinajstić information content (AvgIpc) is 2.32. The largest absolute Gasteiger partial charge is 0.607 e. The Morgan fingerprint density at radius 2 is 1.33 bits per heavy atom. The van der Waals surface area contributed by atoms with Gasteiger partial charge in [-0.05, 0) is 0 Å². The van der Waals surface area contributed by atoms with Crippen LogP contribution in [0.3, 0.4) is 0 Å². The second kappa shape index (κ2) is 5.56. The summed E-state index contributed by atoms with van der Waals surface area (Å²) in [6.07, 6.45) is -6.59. The molecule has 120 valence electrons. The summed E-state index contributed by atoms with van der Waals surface area (Å²) in [5, 5.41) is -6.96. The summed E-state index contributed by atoms with van der Waals surface area (Å²) < 4.78 is 99.4. The molecule has 0 saturated heterocycles. The molecule has 2 N–H and O–H groups in total. The molecule has 0 fully saturated rings. The standard InChI is InChI=1S/C9H4Cl2F7NOS/c10-4-1-3(2-5(11)6(4)19)21(20)9(17,18)7(12,13)8(14,15)16/h1-2H,19H2. The Labute approximate surface area is 126 Å². The normalized spacial score (nSPS) is 15.1. The average molecular weight is 378 g/mol. The number of benzene rings is 1. The van der Waals surface area contributed by atoms with Crippen LogP contribution in [0.5, 0.6) is 0 Å². The summed E-state index contributed by atoms with van der Waals surface area (Å²) in [5.41, 5.74) is 4.91. The Kier molecular flexibility index (Phi) is 4.89. The molecule has 0 amide bonds. The number of hydrogen-bond donors (Lipinski definition) is 1. The van der Waals surface area contributed by atoms with E-state index >= 15 is 0 Å². The second-order valence-electron chi connectivity index (χ2n) is 3.66. The number of nitrogen functional groups attached to an aromatic ring is 1. The van der Waals surface area contributed by atoms with Crippen LogP contribution in [0.25, 0.3) is 0 Å². The van der Waals surface area contributed by atoms with E-state index in [-0.39, 0.29) is 5.69 Å².